The van der Waals surface area contributed by atoms with Crippen molar-refractivity contribution in [2.45, 2.75) is 25.7 Å². The minimum absolute atomic E-state index is 0.0987. The molecular weight excluding hydrogens is 214 g/mol. The zero-order valence-electron chi connectivity index (χ0n) is 9.86. The van der Waals surface area contributed by atoms with Crippen molar-refractivity contribution < 1.29 is 4.79 Å². The minimum atomic E-state index is -0.0987. The van der Waals surface area contributed by atoms with Gasteiger partial charge >= 0.3 is 0 Å². The third-order valence-electron chi connectivity index (χ3n) is 3.17. The SMILES string of the molecule is CC(=O)c1ccc(C2CCNCC2)c(C#N)n1. The van der Waals surface area contributed by atoms with Crippen molar-refractivity contribution in [1.29, 1.82) is 5.26 Å². The Balaban J connectivity index is 2.34. The maximum Gasteiger partial charge on any atom is 0.178 e. The van der Waals surface area contributed by atoms with Gasteiger partial charge in [-0.3, -0.25) is 4.79 Å². The predicted molar refractivity (Wildman–Crippen MR) is 63.8 cm³/mol. The van der Waals surface area contributed by atoms with Crippen molar-refractivity contribution >= 4 is 5.78 Å². The van der Waals surface area contributed by atoms with Gasteiger partial charge < -0.3 is 5.32 Å². The Morgan fingerprint density at radius 1 is 1.47 bits per heavy atom. The van der Waals surface area contributed by atoms with E-state index in [-0.39, 0.29) is 5.78 Å². The first-order valence-electron chi connectivity index (χ1n) is 5.85. The van der Waals surface area contributed by atoms with Gasteiger partial charge in [-0.05, 0) is 43.5 Å². The van der Waals surface area contributed by atoms with E-state index in [9.17, 15) is 4.79 Å². The normalized spacial score (nSPS) is 16.5. The quantitative estimate of drug-likeness (QED) is 0.783. The molecule has 1 fully saturated rings. The zero-order valence-corrected chi connectivity index (χ0v) is 9.86. The van der Waals surface area contributed by atoms with Crippen LogP contribution in [0.4, 0.5) is 0 Å². The molecule has 1 aliphatic heterocycles. The number of carbonyl (C=O) groups is 1. The molecule has 17 heavy (non-hydrogen) atoms. The zero-order chi connectivity index (χ0) is 12.3. The van der Waals surface area contributed by atoms with Gasteiger partial charge in [0.05, 0.1) is 0 Å². The fraction of sp³-hybridized carbons (Fsp3) is 0.462. The average Bonchev–Trinajstić information content (AvgIpc) is 2.39. The summed E-state index contributed by atoms with van der Waals surface area (Å²) in [6.45, 7) is 3.42. The smallest absolute Gasteiger partial charge is 0.178 e. The third-order valence-corrected chi connectivity index (χ3v) is 3.17. The summed E-state index contributed by atoms with van der Waals surface area (Å²) < 4.78 is 0. The molecule has 1 aromatic rings. The molecule has 1 saturated heterocycles. The highest BCUT2D eigenvalue weighted by molar-refractivity contribution is 5.92. The Labute approximate surface area is 101 Å². The van der Waals surface area contributed by atoms with E-state index in [0.717, 1.165) is 31.5 Å². The van der Waals surface area contributed by atoms with Gasteiger partial charge in [-0.15, -0.1) is 0 Å². The molecule has 0 spiro atoms. The molecule has 0 saturated carbocycles. The summed E-state index contributed by atoms with van der Waals surface area (Å²) in [6.07, 6.45) is 2.05. The Morgan fingerprint density at radius 3 is 2.76 bits per heavy atom. The van der Waals surface area contributed by atoms with Crippen molar-refractivity contribution in [1.82, 2.24) is 10.3 Å². The highest BCUT2D eigenvalue weighted by Crippen LogP contribution is 2.27. The number of carbonyl (C=O) groups excluding carboxylic acids is 1. The van der Waals surface area contributed by atoms with E-state index in [4.69, 9.17) is 5.26 Å². The molecule has 1 N–H and O–H groups in total. The van der Waals surface area contributed by atoms with Crippen LogP contribution in [0.3, 0.4) is 0 Å². The molecule has 0 radical (unpaired) electrons. The number of Topliss-reactive ketones (excluding diaryl/α,β-unsaturated/α-hetero) is 1. The summed E-state index contributed by atoms with van der Waals surface area (Å²) in [7, 11) is 0. The predicted octanol–water partition coefficient (Wildman–Crippen LogP) is 1.62. The van der Waals surface area contributed by atoms with Crippen LogP contribution in [0.5, 0.6) is 0 Å². The molecule has 1 aromatic heterocycles. The molecule has 0 atom stereocenters. The first-order valence-corrected chi connectivity index (χ1v) is 5.85. The first kappa shape index (κ1) is 11.7. The fourth-order valence-electron chi connectivity index (χ4n) is 2.22. The van der Waals surface area contributed by atoms with E-state index in [1.54, 1.807) is 6.07 Å². The lowest BCUT2D eigenvalue weighted by Crippen LogP contribution is -2.27. The summed E-state index contributed by atoms with van der Waals surface area (Å²) in [5, 5.41) is 12.4. The molecule has 88 valence electrons. The second kappa shape index (κ2) is 5.07. The molecule has 0 aliphatic carbocycles. The van der Waals surface area contributed by atoms with Crippen LogP contribution in [0, 0.1) is 11.3 Å². The van der Waals surface area contributed by atoms with Gasteiger partial charge in [0.1, 0.15) is 17.5 Å². The van der Waals surface area contributed by atoms with E-state index in [1.165, 1.54) is 6.92 Å². The largest absolute Gasteiger partial charge is 0.317 e. The lowest BCUT2D eigenvalue weighted by atomic mass is 9.89. The van der Waals surface area contributed by atoms with Gasteiger partial charge in [-0.1, -0.05) is 6.07 Å². The molecule has 4 nitrogen and oxygen atoms in total. The van der Waals surface area contributed by atoms with E-state index >= 15 is 0 Å². The van der Waals surface area contributed by atoms with E-state index in [2.05, 4.69) is 16.4 Å². The number of hydrogen-bond acceptors (Lipinski definition) is 4. The van der Waals surface area contributed by atoms with Gasteiger partial charge in [0.25, 0.3) is 0 Å². The number of nitrogens with zero attached hydrogens (tertiary/aromatic N) is 2. The molecular formula is C13H15N3O. The number of piperidine rings is 1. The molecule has 0 amide bonds. The summed E-state index contributed by atoms with van der Waals surface area (Å²) in [5.74, 6) is 0.290. The number of pyridine rings is 1. The van der Waals surface area contributed by atoms with Crippen molar-refractivity contribution in [3.05, 3.63) is 29.1 Å². The van der Waals surface area contributed by atoms with Gasteiger partial charge in [-0.25, -0.2) is 4.98 Å². The highest BCUT2D eigenvalue weighted by atomic mass is 16.1. The number of nitrogens with one attached hydrogen (secondary N) is 1. The molecule has 0 aromatic carbocycles. The number of rotatable bonds is 2. The van der Waals surface area contributed by atoms with Gasteiger partial charge in [0.2, 0.25) is 0 Å². The standard InChI is InChI=1S/C13H15N3O/c1-9(17)12-3-2-11(13(8-14)16-12)10-4-6-15-7-5-10/h2-3,10,15H,4-7H2,1H3. The van der Waals surface area contributed by atoms with Crippen LogP contribution in [0.1, 0.15) is 47.4 Å². The Bertz CT molecular complexity index is 470. The maximum atomic E-state index is 11.2. The summed E-state index contributed by atoms with van der Waals surface area (Å²) >= 11 is 0. The Kier molecular flexibility index (Phi) is 3.50. The maximum absolute atomic E-state index is 11.2. The topological polar surface area (TPSA) is 65.8 Å². The van der Waals surface area contributed by atoms with Crippen molar-refractivity contribution in [2.24, 2.45) is 0 Å². The fourth-order valence-corrected chi connectivity index (χ4v) is 2.22. The van der Waals surface area contributed by atoms with Gasteiger partial charge in [0, 0.05) is 6.92 Å². The van der Waals surface area contributed by atoms with Crippen molar-refractivity contribution in [2.75, 3.05) is 13.1 Å². The molecule has 2 rings (SSSR count). The minimum Gasteiger partial charge on any atom is -0.317 e. The van der Waals surface area contributed by atoms with Crippen LogP contribution in [0.15, 0.2) is 12.1 Å². The van der Waals surface area contributed by atoms with Crippen LogP contribution in [0.2, 0.25) is 0 Å². The summed E-state index contributed by atoms with van der Waals surface area (Å²) in [5.41, 5.74) is 1.77. The molecule has 4 heteroatoms. The van der Waals surface area contributed by atoms with Crippen LogP contribution in [0.25, 0.3) is 0 Å². The first-order chi connectivity index (χ1) is 8.22. The number of aromatic nitrogens is 1. The third kappa shape index (κ3) is 2.51. The van der Waals surface area contributed by atoms with Crippen molar-refractivity contribution in [3.63, 3.8) is 0 Å². The van der Waals surface area contributed by atoms with Crippen molar-refractivity contribution in [3.8, 4) is 6.07 Å². The number of nitriles is 1. The average molecular weight is 229 g/mol. The number of hydrogen-bond donors (Lipinski definition) is 1. The second-order valence-electron chi connectivity index (χ2n) is 4.33. The van der Waals surface area contributed by atoms with Crippen LogP contribution in [-0.2, 0) is 0 Å². The lowest BCUT2D eigenvalue weighted by molar-refractivity contribution is 0.101. The number of ketones is 1. The van der Waals surface area contributed by atoms with Gasteiger partial charge in [0.15, 0.2) is 5.78 Å². The molecule has 2 heterocycles. The van der Waals surface area contributed by atoms with E-state index in [1.807, 2.05) is 6.07 Å². The van der Waals surface area contributed by atoms with Crippen LogP contribution >= 0.6 is 0 Å². The monoisotopic (exact) mass is 229 g/mol. The summed E-state index contributed by atoms with van der Waals surface area (Å²) in [6, 6.07) is 5.71. The second-order valence-corrected chi connectivity index (χ2v) is 4.33. The van der Waals surface area contributed by atoms with Crippen LogP contribution in [-0.4, -0.2) is 23.9 Å². The van der Waals surface area contributed by atoms with Gasteiger partial charge in [-0.2, -0.15) is 5.26 Å². The highest BCUT2D eigenvalue weighted by Gasteiger charge is 2.19. The Hall–Kier alpha value is -1.73. The molecule has 1 aliphatic rings. The lowest BCUT2D eigenvalue weighted by Gasteiger charge is -2.23. The van der Waals surface area contributed by atoms with E-state index < -0.39 is 0 Å². The van der Waals surface area contributed by atoms with Crippen LogP contribution < -0.4 is 5.32 Å². The Morgan fingerprint density at radius 2 is 2.18 bits per heavy atom. The molecule has 0 bridgehead atoms. The van der Waals surface area contributed by atoms with E-state index in [0.29, 0.717) is 17.3 Å². The summed E-state index contributed by atoms with van der Waals surface area (Å²) in [4.78, 5) is 15.4. The molecule has 0 unspecified atom stereocenters.